The van der Waals surface area contributed by atoms with Crippen LogP contribution in [-0.2, 0) is 6.42 Å². The number of rotatable bonds is 4. The van der Waals surface area contributed by atoms with Gasteiger partial charge in [-0.3, -0.25) is 0 Å². The van der Waals surface area contributed by atoms with E-state index in [-0.39, 0.29) is 5.38 Å². The molecule has 100 valence electrons. The zero-order valence-corrected chi connectivity index (χ0v) is 13.3. The summed E-state index contributed by atoms with van der Waals surface area (Å²) < 4.78 is 6.42. The molecule has 2 aromatic carbocycles. The van der Waals surface area contributed by atoms with E-state index in [9.17, 15) is 0 Å². The average Bonchev–Trinajstić information content (AvgIpc) is 2.42. The predicted octanol–water partition coefficient (Wildman–Crippen LogP) is 5.29. The molecule has 2 aromatic rings. The SMILES string of the molecule is COc1ccccc1CC(Cl)c1cc(Br)ccc1C. The zero-order chi connectivity index (χ0) is 13.8. The number of alkyl halides is 1. The molecular weight excluding hydrogens is 324 g/mol. The number of ether oxygens (including phenoxy) is 1. The van der Waals surface area contributed by atoms with Crippen LogP contribution >= 0.6 is 27.5 Å². The lowest BCUT2D eigenvalue weighted by molar-refractivity contribution is 0.409. The molecule has 1 atom stereocenters. The Balaban J connectivity index is 2.25. The van der Waals surface area contributed by atoms with Gasteiger partial charge in [0, 0.05) is 4.47 Å². The van der Waals surface area contributed by atoms with Crippen molar-refractivity contribution in [3.63, 3.8) is 0 Å². The van der Waals surface area contributed by atoms with Crippen LogP contribution in [-0.4, -0.2) is 7.11 Å². The van der Waals surface area contributed by atoms with E-state index in [1.165, 1.54) is 5.56 Å². The monoisotopic (exact) mass is 338 g/mol. The first-order valence-corrected chi connectivity index (χ1v) is 7.36. The molecule has 3 heteroatoms. The number of benzene rings is 2. The standard InChI is InChI=1S/C16H16BrClO/c1-11-7-8-13(17)10-14(11)15(18)9-12-5-3-4-6-16(12)19-2/h3-8,10,15H,9H2,1-2H3. The van der Waals surface area contributed by atoms with E-state index >= 15 is 0 Å². The van der Waals surface area contributed by atoms with Gasteiger partial charge in [-0.25, -0.2) is 0 Å². The quantitative estimate of drug-likeness (QED) is 0.688. The van der Waals surface area contributed by atoms with Gasteiger partial charge in [-0.05, 0) is 48.2 Å². The van der Waals surface area contributed by atoms with E-state index in [2.05, 4.69) is 41.1 Å². The van der Waals surface area contributed by atoms with Crippen molar-refractivity contribution < 1.29 is 4.74 Å². The molecule has 0 saturated heterocycles. The third kappa shape index (κ3) is 3.52. The van der Waals surface area contributed by atoms with Crippen molar-refractivity contribution in [1.82, 2.24) is 0 Å². The molecule has 19 heavy (non-hydrogen) atoms. The van der Waals surface area contributed by atoms with Crippen LogP contribution in [0.2, 0.25) is 0 Å². The summed E-state index contributed by atoms with van der Waals surface area (Å²) in [6.45, 7) is 2.08. The van der Waals surface area contributed by atoms with E-state index < -0.39 is 0 Å². The number of para-hydroxylation sites is 1. The van der Waals surface area contributed by atoms with Crippen LogP contribution in [0.3, 0.4) is 0 Å². The van der Waals surface area contributed by atoms with Crippen molar-refractivity contribution in [3.8, 4) is 5.75 Å². The maximum absolute atomic E-state index is 6.57. The topological polar surface area (TPSA) is 9.23 Å². The molecular formula is C16H16BrClO. The van der Waals surface area contributed by atoms with Gasteiger partial charge in [0.15, 0.2) is 0 Å². The van der Waals surface area contributed by atoms with Gasteiger partial charge in [-0.1, -0.05) is 40.2 Å². The number of halogens is 2. The van der Waals surface area contributed by atoms with Gasteiger partial charge in [0.1, 0.15) is 5.75 Å². The van der Waals surface area contributed by atoms with Gasteiger partial charge in [0.05, 0.1) is 12.5 Å². The van der Waals surface area contributed by atoms with Crippen molar-refractivity contribution in [3.05, 3.63) is 63.6 Å². The average molecular weight is 340 g/mol. The number of hydrogen-bond acceptors (Lipinski definition) is 1. The summed E-state index contributed by atoms with van der Waals surface area (Å²) in [6.07, 6.45) is 0.753. The minimum atomic E-state index is -0.0613. The van der Waals surface area contributed by atoms with Crippen LogP contribution in [0.5, 0.6) is 5.75 Å². The van der Waals surface area contributed by atoms with Crippen molar-refractivity contribution in [1.29, 1.82) is 0 Å². The summed E-state index contributed by atoms with van der Waals surface area (Å²) in [5.41, 5.74) is 3.49. The van der Waals surface area contributed by atoms with Crippen molar-refractivity contribution in [2.45, 2.75) is 18.7 Å². The first-order valence-electron chi connectivity index (χ1n) is 6.14. The Morgan fingerprint density at radius 3 is 2.68 bits per heavy atom. The third-order valence-corrected chi connectivity index (χ3v) is 4.05. The molecule has 2 rings (SSSR count). The van der Waals surface area contributed by atoms with Crippen LogP contribution in [0.25, 0.3) is 0 Å². The van der Waals surface area contributed by atoms with Crippen molar-refractivity contribution in [2.75, 3.05) is 7.11 Å². The first kappa shape index (κ1) is 14.4. The molecule has 0 radical (unpaired) electrons. The highest BCUT2D eigenvalue weighted by atomic mass is 79.9. The molecule has 0 N–H and O–H groups in total. The second-order valence-electron chi connectivity index (χ2n) is 4.48. The van der Waals surface area contributed by atoms with Crippen LogP contribution in [0.15, 0.2) is 46.9 Å². The number of aryl methyl sites for hydroxylation is 1. The van der Waals surface area contributed by atoms with E-state index in [0.29, 0.717) is 0 Å². The maximum Gasteiger partial charge on any atom is 0.122 e. The Kier molecular flexibility index (Phi) is 4.89. The molecule has 0 aliphatic carbocycles. The summed E-state index contributed by atoms with van der Waals surface area (Å²) in [4.78, 5) is 0. The Morgan fingerprint density at radius 2 is 1.95 bits per heavy atom. The molecule has 0 heterocycles. The lowest BCUT2D eigenvalue weighted by Crippen LogP contribution is -2.00. The molecule has 0 fully saturated rings. The van der Waals surface area contributed by atoms with Gasteiger partial charge < -0.3 is 4.74 Å². The Hall–Kier alpha value is -0.990. The normalized spacial score (nSPS) is 12.2. The fourth-order valence-electron chi connectivity index (χ4n) is 2.12. The maximum atomic E-state index is 6.57. The van der Waals surface area contributed by atoms with E-state index in [4.69, 9.17) is 16.3 Å². The second kappa shape index (κ2) is 6.44. The molecule has 1 nitrogen and oxygen atoms in total. The van der Waals surface area contributed by atoms with Gasteiger partial charge >= 0.3 is 0 Å². The van der Waals surface area contributed by atoms with Gasteiger partial charge in [-0.15, -0.1) is 11.6 Å². The van der Waals surface area contributed by atoms with Crippen LogP contribution in [0, 0.1) is 6.92 Å². The van der Waals surface area contributed by atoms with E-state index in [1.807, 2.05) is 24.3 Å². The van der Waals surface area contributed by atoms with Crippen LogP contribution in [0.4, 0.5) is 0 Å². The summed E-state index contributed by atoms with van der Waals surface area (Å²) in [6, 6.07) is 14.2. The molecule has 0 saturated carbocycles. The molecule has 1 unspecified atom stereocenters. The second-order valence-corrected chi connectivity index (χ2v) is 5.93. The molecule has 0 spiro atoms. The number of hydrogen-bond donors (Lipinski definition) is 0. The lowest BCUT2D eigenvalue weighted by Gasteiger charge is -2.15. The summed E-state index contributed by atoms with van der Waals surface area (Å²) in [5.74, 6) is 0.890. The Labute approximate surface area is 127 Å². The highest BCUT2D eigenvalue weighted by Gasteiger charge is 2.14. The van der Waals surface area contributed by atoms with Crippen LogP contribution < -0.4 is 4.74 Å². The zero-order valence-electron chi connectivity index (χ0n) is 11.0. The lowest BCUT2D eigenvalue weighted by atomic mass is 9.99. The molecule has 0 aliphatic rings. The van der Waals surface area contributed by atoms with Gasteiger partial charge in [0.25, 0.3) is 0 Å². The minimum absolute atomic E-state index is 0.0613. The Morgan fingerprint density at radius 1 is 1.21 bits per heavy atom. The van der Waals surface area contributed by atoms with Crippen molar-refractivity contribution >= 4 is 27.5 Å². The largest absolute Gasteiger partial charge is 0.496 e. The fourth-order valence-corrected chi connectivity index (χ4v) is 2.90. The van der Waals surface area contributed by atoms with E-state index in [1.54, 1.807) is 7.11 Å². The fraction of sp³-hybridized carbons (Fsp3) is 0.250. The molecule has 0 amide bonds. The highest BCUT2D eigenvalue weighted by Crippen LogP contribution is 2.32. The highest BCUT2D eigenvalue weighted by molar-refractivity contribution is 9.10. The third-order valence-electron chi connectivity index (χ3n) is 3.17. The predicted molar refractivity (Wildman–Crippen MR) is 84.2 cm³/mol. The summed E-state index contributed by atoms with van der Waals surface area (Å²) in [5, 5.41) is -0.0613. The smallest absolute Gasteiger partial charge is 0.122 e. The number of methoxy groups -OCH3 is 1. The molecule has 0 aromatic heterocycles. The van der Waals surface area contributed by atoms with Gasteiger partial charge in [-0.2, -0.15) is 0 Å². The Bertz CT molecular complexity index is 568. The van der Waals surface area contributed by atoms with Gasteiger partial charge in [0.2, 0.25) is 0 Å². The summed E-state index contributed by atoms with van der Waals surface area (Å²) >= 11 is 10.1. The first-order chi connectivity index (χ1) is 9.11. The van der Waals surface area contributed by atoms with Crippen molar-refractivity contribution in [2.24, 2.45) is 0 Å². The molecule has 0 aliphatic heterocycles. The summed E-state index contributed by atoms with van der Waals surface area (Å²) in [7, 11) is 1.69. The molecule has 0 bridgehead atoms. The van der Waals surface area contributed by atoms with Crippen LogP contribution in [0.1, 0.15) is 22.1 Å². The van der Waals surface area contributed by atoms with E-state index in [0.717, 1.165) is 27.8 Å². The minimum Gasteiger partial charge on any atom is -0.496 e.